The Balaban J connectivity index is 1.45. The second kappa shape index (κ2) is 17.1. The van der Waals surface area contributed by atoms with Crippen molar-refractivity contribution in [3.63, 3.8) is 0 Å². The van der Waals surface area contributed by atoms with Gasteiger partial charge in [-0.05, 0) is 44.5 Å². The fourth-order valence-electron chi connectivity index (χ4n) is 4.40. The van der Waals surface area contributed by atoms with Crippen molar-refractivity contribution < 1.29 is 28.6 Å². The van der Waals surface area contributed by atoms with Gasteiger partial charge in [-0.2, -0.15) is 0 Å². The third-order valence-corrected chi connectivity index (χ3v) is 7.52. The molecule has 3 rings (SSSR count). The molecule has 1 fully saturated rings. The van der Waals surface area contributed by atoms with E-state index in [1.807, 2.05) is 43.7 Å². The third kappa shape index (κ3) is 10.4. The van der Waals surface area contributed by atoms with Gasteiger partial charge in [0.15, 0.2) is 0 Å². The molecule has 39 heavy (non-hydrogen) atoms. The Labute approximate surface area is 234 Å². The van der Waals surface area contributed by atoms with Gasteiger partial charge in [0.25, 0.3) is 0 Å². The summed E-state index contributed by atoms with van der Waals surface area (Å²) in [6.45, 7) is 5.71. The predicted octanol–water partition coefficient (Wildman–Crippen LogP) is 2.52. The molecule has 0 aliphatic carbocycles. The number of nitrogens with one attached hydrogen (secondary N) is 2. The van der Waals surface area contributed by atoms with Crippen LogP contribution in [-0.2, 0) is 28.6 Å². The molecule has 0 bridgehead atoms. The second-order valence-corrected chi connectivity index (χ2v) is 10.3. The number of amides is 2. The van der Waals surface area contributed by atoms with E-state index in [0.29, 0.717) is 52.6 Å². The van der Waals surface area contributed by atoms with Crippen LogP contribution in [0, 0.1) is 6.92 Å². The first-order valence-electron chi connectivity index (χ1n) is 13.4. The lowest BCUT2D eigenvalue weighted by Crippen LogP contribution is -2.44. The van der Waals surface area contributed by atoms with Crippen LogP contribution in [-0.4, -0.2) is 93.8 Å². The fourth-order valence-corrected chi connectivity index (χ4v) is 5.21. The summed E-state index contributed by atoms with van der Waals surface area (Å²) >= 11 is 1.59. The first-order valence-corrected chi connectivity index (χ1v) is 14.3. The van der Waals surface area contributed by atoms with Crippen molar-refractivity contribution in [1.29, 1.82) is 0 Å². The molecule has 1 aliphatic heterocycles. The molecule has 1 aliphatic rings. The minimum absolute atomic E-state index is 0.0485. The van der Waals surface area contributed by atoms with Gasteiger partial charge in [-0.3, -0.25) is 14.5 Å². The van der Waals surface area contributed by atoms with Crippen molar-refractivity contribution in [2.24, 2.45) is 0 Å². The number of ether oxygens (including phenoxy) is 3. The number of benzene rings is 1. The summed E-state index contributed by atoms with van der Waals surface area (Å²) in [6, 6.07) is 7.37. The Hall–Kier alpha value is -2.70. The van der Waals surface area contributed by atoms with E-state index in [0.717, 1.165) is 47.4 Å². The van der Waals surface area contributed by atoms with Crippen molar-refractivity contribution in [3.8, 4) is 10.4 Å². The highest BCUT2D eigenvalue weighted by Gasteiger charge is 2.30. The van der Waals surface area contributed by atoms with Gasteiger partial charge < -0.3 is 29.6 Å². The number of likely N-dealkylation sites (N-methyl/N-ethyl adjacent to an activating group) is 1. The van der Waals surface area contributed by atoms with Crippen LogP contribution in [0.1, 0.15) is 43.0 Å². The molecular weight excluding hydrogens is 520 g/mol. The summed E-state index contributed by atoms with van der Waals surface area (Å²) in [7, 11) is 1.96. The number of rotatable bonds is 18. The van der Waals surface area contributed by atoms with Crippen molar-refractivity contribution in [3.05, 3.63) is 41.0 Å². The summed E-state index contributed by atoms with van der Waals surface area (Å²) in [4.78, 5) is 43.5. The van der Waals surface area contributed by atoms with Gasteiger partial charge in [-0.15, -0.1) is 11.3 Å². The third-order valence-electron chi connectivity index (χ3n) is 6.54. The van der Waals surface area contributed by atoms with Gasteiger partial charge in [0.05, 0.1) is 74.2 Å². The van der Waals surface area contributed by atoms with E-state index in [1.165, 1.54) is 0 Å². The molecular formula is C28H40N4O6S. The Bertz CT molecular complexity index is 1030. The van der Waals surface area contributed by atoms with E-state index >= 15 is 0 Å². The molecule has 2 aromatic rings. The van der Waals surface area contributed by atoms with E-state index in [1.54, 1.807) is 11.3 Å². The number of thiazole rings is 1. The highest BCUT2D eigenvalue weighted by atomic mass is 32.1. The van der Waals surface area contributed by atoms with Crippen LogP contribution in [0.3, 0.4) is 0 Å². The summed E-state index contributed by atoms with van der Waals surface area (Å²) < 4.78 is 16.1. The molecule has 2 amide bonds. The van der Waals surface area contributed by atoms with E-state index in [9.17, 15) is 14.4 Å². The van der Waals surface area contributed by atoms with Crippen LogP contribution in [0.2, 0.25) is 0 Å². The maximum atomic E-state index is 13.0. The van der Waals surface area contributed by atoms with E-state index in [2.05, 4.69) is 20.5 Å². The lowest BCUT2D eigenvalue weighted by molar-refractivity contribution is -0.126. The van der Waals surface area contributed by atoms with Crippen LogP contribution >= 0.6 is 11.3 Å². The number of aromatic nitrogens is 1. The molecule has 214 valence electrons. The molecule has 0 radical (unpaired) electrons. The van der Waals surface area contributed by atoms with Crippen molar-refractivity contribution >= 4 is 29.4 Å². The molecule has 11 heteroatoms. The molecule has 2 heterocycles. The van der Waals surface area contributed by atoms with Crippen LogP contribution in [0.5, 0.6) is 0 Å². The van der Waals surface area contributed by atoms with Crippen molar-refractivity contribution in [2.75, 3.05) is 59.8 Å². The topological polar surface area (TPSA) is 119 Å². The van der Waals surface area contributed by atoms with Crippen molar-refractivity contribution in [1.82, 2.24) is 20.5 Å². The number of carbonyl (C=O) groups excluding carboxylic acids is 3. The molecule has 10 nitrogen and oxygen atoms in total. The average molecular weight is 561 g/mol. The van der Waals surface area contributed by atoms with Gasteiger partial charge in [0, 0.05) is 13.0 Å². The molecule has 1 aromatic carbocycles. The Morgan fingerprint density at radius 1 is 1.10 bits per heavy atom. The highest BCUT2D eigenvalue weighted by molar-refractivity contribution is 7.13. The maximum Gasteiger partial charge on any atom is 0.237 e. The molecule has 0 spiro atoms. The fraction of sp³-hybridized carbons (Fsp3) is 0.571. The number of hydrogen-bond acceptors (Lipinski definition) is 9. The van der Waals surface area contributed by atoms with Gasteiger partial charge >= 0.3 is 0 Å². The number of aldehydes is 1. The van der Waals surface area contributed by atoms with Crippen LogP contribution in [0.4, 0.5) is 0 Å². The van der Waals surface area contributed by atoms with Gasteiger partial charge in [-0.1, -0.05) is 24.3 Å². The van der Waals surface area contributed by atoms with Gasteiger partial charge in [0.1, 0.15) is 6.29 Å². The monoisotopic (exact) mass is 560 g/mol. The summed E-state index contributed by atoms with van der Waals surface area (Å²) in [5, 5.41) is 6.01. The van der Waals surface area contributed by atoms with Crippen LogP contribution < -0.4 is 10.6 Å². The molecule has 0 saturated carbocycles. The van der Waals surface area contributed by atoms with Crippen LogP contribution in [0.15, 0.2) is 29.8 Å². The normalized spacial score (nSPS) is 16.2. The van der Waals surface area contributed by atoms with Gasteiger partial charge in [0.2, 0.25) is 11.8 Å². The average Bonchev–Trinajstić information content (AvgIpc) is 3.56. The molecule has 1 saturated heterocycles. The zero-order valence-electron chi connectivity index (χ0n) is 22.9. The summed E-state index contributed by atoms with van der Waals surface area (Å²) in [5.74, 6) is -0.206. The first-order chi connectivity index (χ1) is 19.0. The number of hydrogen-bond donors (Lipinski definition) is 2. The number of carbonyl (C=O) groups is 3. The van der Waals surface area contributed by atoms with E-state index in [4.69, 9.17) is 14.2 Å². The zero-order valence-corrected chi connectivity index (χ0v) is 23.7. The second-order valence-electron chi connectivity index (χ2n) is 9.44. The Morgan fingerprint density at radius 2 is 1.79 bits per heavy atom. The predicted molar refractivity (Wildman–Crippen MR) is 150 cm³/mol. The molecule has 2 N–H and O–H groups in total. The lowest BCUT2D eigenvalue weighted by atomic mass is 10.00. The zero-order chi connectivity index (χ0) is 27.9. The van der Waals surface area contributed by atoms with E-state index < -0.39 is 6.04 Å². The minimum atomic E-state index is -0.439. The molecule has 2 atom stereocenters. The maximum absolute atomic E-state index is 13.0. The van der Waals surface area contributed by atoms with Gasteiger partial charge in [-0.25, -0.2) is 4.98 Å². The summed E-state index contributed by atoms with van der Waals surface area (Å²) in [5.41, 5.74) is 4.76. The SMILES string of the molecule is Cc1ncsc1-c1ccc(C(CC(=O)NCCOCCOCCOCCC=O)NC(=O)C2CCCN2C)cc1. The smallest absolute Gasteiger partial charge is 0.237 e. The Morgan fingerprint density at radius 3 is 2.41 bits per heavy atom. The Kier molecular flexibility index (Phi) is 13.5. The standard InChI is InChI=1S/C28H40N4O6S/c1-21-27(39-20-30-21)23-8-6-22(7-9-23)24(31-28(35)25-5-3-11-32(25)2)19-26(34)29-10-14-37-16-18-38-17-15-36-13-4-12-33/h6-9,12,20,24-25H,3-5,10-11,13-19H2,1-2H3,(H,29,34)(H,31,35). The number of aryl methyl sites for hydroxylation is 1. The molecule has 2 unspecified atom stereocenters. The minimum Gasteiger partial charge on any atom is -0.379 e. The summed E-state index contributed by atoms with van der Waals surface area (Å²) in [6.07, 6.45) is 3.15. The highest BCUT2D eigenvalue weighted by Crippen LogP contribution is 2.29. The first kappa shape index (κ1) is 30.8. The quantitative estimate of drug-likeness (QED) is 0.211. The van der Waals surface area contributed by atoms with Crippen molar-refractivity contribution in [2.45, 2.75) is 44.7 Å². The lowest BCUT2D eigenvalue weighted by Gasteiger charge is -2.24. The van der Waals surface area contributed by atoms with Crippen LogP contribution in [0.25, 0.3) is 10.4 Å². The number of likely N-dealkylation sites (tertiary alicyclic amines) is 1. The largest absolute Gasteiger partial charge is 0.379 e. The van der Waals surface area contributed by atoms with E-state index in [-0.39, 0.29) is 24.3 Å². The molecule has 1 aromatic heterocycles. The number of nitrogens with zero attached hydrogens (tertiary/aromatic N) is 2.